The lowest BCUT2D eigenvalue weighted by Crippen LogP contribution is -2.34. The Morgan fingerprint density at radius 3 is 2.94 bits per heavy atom. The van der Waals surface area contributed by atoms with E-state index < -0.39 is 0 Å². The van der Waals surface area contributed by atoms with Crippen LogP contribution < -0.4 is 11.1 Å². The second-order valence-corrected chi connectivity index (χ2v) is 6.39. The fraction of sp³-hybridized carbons (Fsp3) is 0.583. The van der Waals surface area contributed by atoms with Gasteiger partial charge in [0.15, 0.2) is 0 Å². The highest BCUT2D eigenvalue weighted by Crippen LogP contribution is 2.31. The molecule has 2 atom stereocenters. The van der Waals surface area contributed by atoms with Crippen LogP contribution in [0.25, 0.3) is 0 Å². The molecular weight excluding hydrogens is 336 g/mol. The van der Waals surface area contributed by atoms with Crippen LogP contribution in [0.5, 0.6) is 0 Å². The molecule has 102 valence electrons. The zero-order chi connectivity index (χ0) is 12.3. The zero-order valence-electron chi connectivity index (χ0n) is 10.0. The molecule has 1 aliphatic rings. The van der Waals surface area contributed by atoms with Crippen LogP contribution in [0.3, 0.4) is 0 Å². The van der Waals surface area contributed by atoms with Crippen molar-refractivity contribution >= 4 is 45.6 Å². The van der Waals surface area contributed by atoms with Gasteiger partial charge >= 0.3 is 0 Å². The van der Waals surface area contributed by atoms with Crippen molar-refractivity contribution in [3.8, 4) is 0 Å². The molecular formula is C12H18BrClN2OS. The Balaban J connectivity index is 0.00000162. The molecule has 1 aliphatic carbocycles. The fourth-order valence-corrected chi connectivity index (χ4v) is 3.81. The second kappa shape index (κ2) is 7.48. The van der Waals surface area contributed by atoms with Crippen LogP contribution in [-0.2, 0) is 11.3 Å². The largest absolute Gasteiger partial charge is 0.351 e. The molecule has 0 aromatic carbocycles. The van der Waals surface area contributed by atoms with Crippen molar-refractivity contribution in [2.75, 3.05) is 6.54 Å². The van der Waals surface area contributed by atoms with Gasteiger partial charge in [-0.05, 0) is 47.3 Å². The highest BCUT2D eigenvalue weighted by Gasteiger charge is 2.31. The molecule has 1 fully saturated rings. The van der Waals surface area contributed by atoms with E-state index in [9.17, 15) is 4.79 Å². The maximum Gasteiger partial charge on any atom is 0.223 e. The molecule has 0 bridgehead atoms. The summed E-state index contributed by atoms with van der Waals surface area (Å²) >= 11 is 5.06. The molecule has 1 aromatic rings. The monoisotopic (exact) mass is 352 g/mol. The number of nitrogens with one attached hydrogen (secondary N) is 1. The van der Waals surface area contributed by atoms with Gasteiger partial charge in [0.2, 0.25) is 5.91 Å². The average Bonchev–Trinajstić information content (AvgIpc) is 2.94. The Bertz CT molecular complexity index is 399. The first-order chi connectivity index (χ1) is 8.20. The maximum absolute atomic E-state index is 12.0. The molecule has 3 N–H and O–H groups in total. The van der Waals surface area contributed by atoms with Crippen LogP contribution in [0, 0.1) is 11.8 Å². The van der Waals surface area contributed by atoms with Gasteiger partial charge in [0.25, 0.3) is 0 Å². The summed E-state index contributed by atoms with van der Waals surface area (Å²) in [6.45, 7) is 1.26. The van der Waals surface area contributed by atoms with Crippen molar-refractivity contribution in [2.45, 2.75) is 25.8 Å². The number of hydrogen-bond acceptors (Lipinski definition) is 3. The summed E-state index contributed by atoms with van der Waals surface area (Å²) < 4.78 is 1.08. The fourth-order valence-electron chi connectivity index (χ4n) is 2.42. The number of rotatable bonds is 4. The molecule has 1 heterocycles. The SMILES string of the molecule is Cl.NC[C@H]1CCC[C@H]1C(=O)NCc1cc(Br)cs1. The first-order valence-corrected chi connectivity index (χ1v) is 7.58. The van der Waals surface area contributed by atoms with E-state index in [4.69, 9.17) is 5.73 Å². The molecule has 0 saturated heterocycles. The van der Waals surface area contributed by atoms with Crippen molar-refractivity contribution in [1.29, 1.82) is 0 Å². The van der Waals surface area contributed by atoms with E-state index >= 15 is 0 Å². The highest BCUT2D eigenvalue weighted by atomic mass is 79.9. The van der Waals surface area contributed by atoms with Gasteiger partial charge in [-0.1, -0.05) is 6.42 Å². The standard InChI is InChI=1S/C12H17BrN2OS.ClH/c13-9-4-10(17-7-9)6-15-12(16)11-3-1-2-8(11)5-14;/h4,7-8,11H,1-3,5-6,14H2,(H,15,16);1H/t8-,11-;/m1./s1. The van der Waals surface area contributed by atoms with Gasteiger partial charge in [-0.2, -0.15) is 0 Å². The minimum atomic E-state index is 0. The van der Waals surface area contributed by atoms with Crippen molar-refractivity contribution in [3.05, 3.63) is 20.8 Å². The first kappa shape index (κ1) is 16.0. The van der Waals surface area contributed by atoms with E-state index in [0.717, 1.165) is 23.7 Å². The van der Waals surface area contributed by atoms with Crippen molar-refractivity contribution in [2.24, 2.45) is 17.6 Å². The predicted molar refractivity (Wildman–Crippen MR) is 81.0 cm³/mol. The number of carbonyl (C=O) groups is 1. The van der Waals surface area contributed by atoms with Gasteiger partial charge < -0.3 is 11.1 Å². The lowest BCUT2D eigenvalue weighted by Gasteiger charge is -2.16. The van der Waals surface area contributed by atoms with E-state index in [1.807, 2.05) is 11.4 Å². The predicted octanol–water partition coefficient (Wildman–Crippen LogP) is 2.92. The smallest absolute Gasteiger partial charge is 0.223 e. The van der Waals surface area contributed by atoms with Crippen LogP contribution in [0.15, 0.2) is 15.9 Å². The van der Waals surface area contributed by atoms with E-state index in [1.165, 1.54) is 4.88 Å². The zero-order valence-corrected chi connectivity index (χ0v) is 13.2. The lowest BCUT2D eigenvalue weighted by atomic mass is 9.95. The number of carbonyl (C=O) groups excluding carboxylic acids is 1. The third kappa shape index (κ3) is 3.95. The van der Waals surface area contributed by atoms with Crippen LogP contribution in [0.1, 0.15) is 24.1 Å². The summed E-state index contributed by atoms with van der Waals surface area (Å²) in [5, 5.41) is 5.04. The first-order valence-electron chi connectivity index (χ1n) is 5.91. The third-order valence-electron chi connectivity index (χ3n) is 3.36. The molecule has 3 nitrogen and oxygen atoms in total. The topological polar surface area (TPSA) is 55.1 Å². The van der Waals surface area contributed by atoms with Crippen molar-refractivity contribution in [1.82, 2.24) is 5.32 Å². The van der Waals surface area contributed by atoms with Gasteiger partial charge in [0.1, 0.15) is 0 Å². The molecule has 1 saturated carbocycles. The van der Waals surface area contributed by atoms with Crippen molar-refractivity contribution < 1.29 is 4.79 Å². The molecule has 1 amide bonds. The van der Waals surface area contributed by atoms with Crippen LogP contribution in [0.2, 0.25) is 0 Å². The van der Waals surface area contributed by atoms with Gasteiger partial charge in [-0.15, -0.1) is 23.7 Å². The second-order valence-electron chi connectivity index (χ2n) is 4.48. The van der Waals surface area contributed by atoms with E-state index in [1.54, 1.807) is 11.3 Å². The Kier molecular flexibility index (Phi) is 6.63. The van der Waals surface area contributed by atoms with Gasteiger partial charge in [-0.25, -0.2) is 0 Å². The van der Waals surface area contributed by atoms with Crippen LogP contribution >= 0.6 is 39.7 Å². The number of amides is 1. The lowest BCUT2D eigenvalue weighted by molar-refractivity contribution is -0.126. The molecule has 6 heteroatoms. The maximum atomic E-state index is 12.0. The number of hydrogen-bond donors (Lipinski definition) is 2. The Morgan fingerprint density at radius 1 is 1.56 bits per heavy atom. The summed E-state index contributed by atoms with van der Waals surface area (Å²) in [4.78, 5) is 13.2. The van der Waals surface area contributed by atoms with Crippen LogP contribution in [0.4, 0.5) is 0 Å². The molecule has 1 aromatic heterocycles. The quantitative estimate of drug-likeness (QED) is 0.874. The molecule has 0 aliphatic heterocycles. The normalized spacial score (nSPS) is 22.6. The average molecular weight is 354 g/mol. The summed E-state index contributed by atoms with van der Waals surface area (Å²) in [5.74, 6) is 0.677. The molecule has 0 unspecified atom stereocenters. The van der Waals surface area contributed by atoms with E-state index in [0.29, 0.717) is 19.0 Å². The summed E-state index contributed by atoms with van der Waals surface area (Å²) in [6, 6.07) is 2.04. The third-order valence-corrected chi connectivity index (χ3v) is 5.05. The van der Waals surface area contributed by atoms with Crippen LogP contribution in [-0.4, -0.2) is 12.5 Å². The Labute approximate surface area is 126 Å². The summed E-state index contributed by atoms with van der Waals surface area (Å²) in [7, 11) is 0. The van der Waals surface area contributed by atoms with Gasteiger partial charge in [0.05, 0.1) is 6.54 Å². The van der Waals surface area contributed by atoms with Crippen molar-refractivity contribution in [3.63, 3.8) is 0 Å². The minimum Gasteiger partial charge on any atom is -0.351 e. The molecule has 2 rings (SSSR count). The minimum absolute atomic E-state index is 0. The number of thiophene rings is 1. The molecule has 0 spiro atoms. The Hall–Kier alpha value is -0.100. The van der Waals surface area contributed by atoms with E-state index in [2.05, 4.69) is 21.2 Å². The summed E-state index contributed by atoms with van der Waals surface area (Å²) in [6.07, 6.45) is 3.21. The number of halogens is 2. The van der Waals surface area contributed by atoms with Gasteiger partial charge in [0, 0.05) is 20.6 Å². The Morgan fingerprint density at radius 2 is 2.33 bits per heavy atom. The van der Waals surface area contributed by atoms with Gasteiger partial charge in [-0.3, -0.25) is 4.79 Å². The molecule has 0 radical (unpaired) electrons. The number of nitrogens with two attached hydrogens (primary N) is 1. The molecule has 18 heavy (non-hydrogen) atoms. The highest BCUT2D eigenvalue weighted by molar-refractivity contribution is 9.10. The summed E-state index contributed by atoms with van der Waals surface area (Å²) in [5.41, 5.74) is 5.69. The van der Waals surface area contributed by atoms with E-state index in [-0.39, 0.29) is 24.2 Å².